The van der Waals surface area contributed by atoms with Crippen molar-refractivity contribution in [2.24, 2.45) is 22.7 Å². The van der Waals surface area contributed by atoms with Crippen LogP contribution in [0.4, 0.5) is 0 Å². The lowest BCUT2D eigenvalue weighted by Gasteiger charge is -2.23. The fourth-order valence-corrected chi connectivity index (χ4v) is 5.34. The fraction of sp³-hybridized carbons (Fsp3) is 0.583. The molecule has 1 saturated carbocycles. The lowest BCUT2D eigenvalue weighted by molar-refractivity contribution is 0.0614. The molecule has 5 heteroatoms. The van der Waals surface area contributed by atoms with E-state index in [0.29, 0.717) is 11.5 Å². The molecule has 1 aliphatic heterocycles. The third-order valence-corrected chi connectivity index (χ3v) is 7.88. The summed E-state index contributed by atoms with van der Waals surface area (Å²) >= 11 is 0. The van der Waals surface area contributed by atoms with Gasteiger partial charge in [-0.1, -0.05) is 27.7 Å². The molecule has 156 valence electrons. The molecule has 1 aliphatic carbocycles. The number of carbonyl (C=O) groups excluding carboxylic acids is 1. The lowest BCUT2D eigenvalue weighted by atomic mass is 9.97. The fourth-order valence-electron chi connectivity index (χ4n) is 5.34. The van der Waals surface area contributed by atoms with Gasteiger partial charge in [0.15, 0.2) is 5.78 Å². The quantitative estimate of drug-likeness (QED) is 0.726. The molecule has 0 atom stereocenters. The van der Waals surface area contributed by atoms with Crippen molar-refractivity contribution in [1.29, 1.82) is 0 Å². The van der Waals surface area contributed by atoms with E-state index in [-0.39, 0.29) is 28.1 Å². The van der Waals surface area contributed by atoms with Crippen molar-refractivity contribution in [3.8, 4) is 0 Å². The second-order valence-electron chi connectivity index (χ2n) is 9.90. The smallest absolute Gasteiger partial charge is 0.335 e. The highest BCUT2D eigenvalue weighted by molar-refractivity contribution is 6.13. The van der Waals surface area contributed by atoms with Crippen LogP contribution < -0.4 is 0 Å². The summed E-state index contributed by atoms with van der Waals surface area (Å²) in [5.41, 5.74) is 2.73. The van der Waals surface area contributed by atoms with E-state index in [1.165, 1.54) is 0 Å². The summed E-state index contributed by atoms with van der Waals surface area (Å²) in [6, 6.07) is 5.19. The molecular weight excluding hydrogens is 366 g/mol. The van der Waals surface area contributed by atoms with Gasteiger partial charge in [0.25, 0.3) is 0 Å². The highest BCUT2D eigenvalue weighted by Gasteiger charge is 2.68. The van der Waals surface area contributed by atoms with Gasteiger partial charge in [0.05, 0.1) is 5.56 Å². The molecule has 1 N–H and O–H groups in total. The van der Waals surface area contributed by atoms with Crippen LogP contribution >= 0.6 is 0 Å². The Kier molecular flexibility index (Phi) is 4.65. The van der Waals surface area contributed by atoms with Gasteiger partial charge < -0.3 is 14.4 Å². The number of carboxylic acid groups (broad SMARTS) is 1. The highest BCUT2D eigenvalue weighted by Crippen LogP contribution is 2.69. The number of carbonyl (C=O) groups is 2. The lowest BCUT2D eigenvalue weighted by Crippen LogP contribution is -2.21. The van der Waals surface area contributed by atoms with Gasteiger partial charge >= 0.3 is 5.97 Å². The summed E-state index contributed by atoms with van der Waals surface area (Å²) in [5.74, 6) is -0.360. The van der Waals surface area contributed by atoms with Crippen molar-refractivity contribution >= 4 is 22.7 Å². The maximum absolute atomic E-state index is 13.7. The zero-order chi connectivity index (χ0) is 21.1. The summed E-state index contributed by atoms with van der Waals surface area (Å²) in [5, 5.41) is 10.3. The Morgan fingerprint density at radius 2 is 1.76 bits per heavy atom. The number of benzene rings is 1. The third kappa shape index (κ3) is 3.02. The van der Waals surface area contributed by atoms with Crippen LogP contribution in [-0.4, -0.2) is 34.6 Å². The first-order chi connectivity index (χ1) is 13.6. The van der Waals surface area contributed by atoms with Crippen LogP contribution in [0, 0.1) is 29.6 Å². The van der Waals surface area contributed by atoms with E-state index < -0.39 is 5.97 Å². The number of Topliss-reactive ketones (excluding diaryl/α,β-unsaturated/α-hetero) is 1. The molecule has 4 rings (SSSR count). The molecule has 2 aromatic rings. The number of hydrogen-bond acceptors (Lipinski definition) is 3. The van der Waals surface area contributed by atoms with Crippen LogP contribution in [0.2, 0.25) is 0 Å². The first-order valence-electron chi connectivity index (χ1n) is 10.6. The maximum Gasteiger partial charge on any atom is 0.335 e. The van der Waals surface area contributed by atoms with Crippen molar-refractivity contribution < 1.29 is 19.4 Å². The molecule has 0 radical (unpaired) electrons. The molecule has 5 nitrogen and oxygen atoms in total. The van der Waals surface area contributed by atoms with Crippen LogP contribution in [0.15, 0.2) is 18.2 Å². The molecule has 2 heterocycles. The molecule has 1 aromatic heterocycles. The first-order valence-corrected chi connectivity index (χ1v) is 10.6. The standard InChI is InChI=1S/C24H31NO4/c1-14-19(20(26)21-23(2,3)24(21,4)5)17-12-16(22(27)28)6-7-18(17)25(14)13-15-8-10-29-11-9-15/h6-7,12,15,21H,8-11,13H2,1-5H3,(H,27,28). The van der Waals surface area contributed by atoms with Crippen molar-refractivity contribution in [1.82, 2.24) is 4.57 Å². The van der Waals surface area contributed by atoms with Crippen LogP contribution in [0.3, 0.4) is 0 Å². The number of hydrogen-bond donors (Lipinski definition) is 1. The van der Waals surface area contributed by atoms with Gasteiger partial charge in [-0.25, -0.2) is 4.79 Å². The Bertz CT molecular complexity index is 978. The Morgan fingerprint density at radius 1 is 1.14 bits per heavy atom. The van der Waals surface area contributed by atoms with Gasteiger partial charge in [0.1, 0.15) is 0 Å². The molecule has 0 bridgehead atoms. The zero-order valence-corrected chi connectivity index (χ0v) is 18.0. The van der Waals surface area contributed by atoms with Crippen LogP contribution in [0.1, 0.15) is 66.9 Å². The van der Waals surface area contributed by atoms with Crippen molar-refractivity contribution in [2.45, 2.75) is 54.0 Å². The molecular formula is C24H31NO4. The predicted octanol–water partition coefficient (Wildman–Crippen LogP) is 4.94. The second kappa shape index (κ2) is 6.69. The van der Waals surface area contributed by atoms with Gasteiger partial charge in [0, 0.05) is 47.8 Å². The predicted molar refractivity (Wildman–Crippen MR) is 113 cm³/mol. The molecule has 0 unspecified atom stereocenters. The molecule has 2 fully saturated rings. The average Bonchev–Trinajstić information content (AvgIpc) is 2.93. The number of aromatic nitrogens is 1. The Morgan fingerprint density at radius 3 is 2.31 bits per heavy atom. The summed E-state index contributed by atoms with van der Waals surface area (Å²) in [6.07, 6.45) is 2.02. The number of aromatic carboxylic acids is 1. The second-order valence-corrected chi connectivity index (χ2v) is 9.90. The minimum absolute atomic E-state index is 0.0516. The van der Waals surface area contributed by atoms with E-state index in [1.54, 1.807) is 12.1 Å². The molecule has 0 spiro atoms. The summed E-state index contributed by atoms with van der Waals surface area (Å²) < 4.78 is 7.73. The van der Waals surface area contributed by atoms with Crippen molar-refractivity contribution in [2.75, 3.05) is 13.2 Å². The summed E-state index contributed by atoms with van der Waals surface area (Å²) in [6.45, 7) is 13.0. The SMILES string of the molecule is Cc1c(C(=O)C2C(C)(C)C2(C)C)c2cc(C(=O)O)ccc2n1CC1CCOCC1. The first kappa shape index (κ1) is 20.1. The van der Waals surface area contributed by atoms with E-state index in [1.807, 2.05) is 13.0 Å². The largest absolute Gasteiger partial charge is 0.478 e. The molecule has 29 heavy (non-hydrogen) atoms. The van der Waals surface area contributed by atoms with Gasteiger partial charge in [0.2, 0.25) is 0 Å². The number of ketones is 1. The monoisotopic (exact) mass is 397 g/mol. The van der Waals surface area contributed by atoms with Gasteiger partial charge in [-0.05, 0) is 54.7 Å². The van der Waals surface area contributed by atoms with Gasteiger partial charge in [-0.2, -0.15) is 0 Å². The maximum atomic E-state index is 13.7. The molecule has 1 aromatic carbocycles. The highest BCUT2D eigenvalue weighted by atomic mass is 16.5. The normalized spacial score (nSPS) is 21.4. The third-order valence-electron chi connectivity index (χ3n) is 7.88. The van der Waals surface area contributed by atoms with Crippen LogP contribution in [0.25, 0.3) is 10.9 Å². The number of fused-ring (bicyclic) bond motifs is 1. The van der Waals surface area contributed by atoms with Crippen molar-refractivity contribution in [3.63, 3.8) is 0 Å². The minimum Gasteiger partial charge on any atom is -0.478 e. The number of carboxylic acids is 1. The Balaban J connectivity index is 1.84. The summed E-state index contributed by atoms with van der Waals surface area (Å²) in [4.78, 5) is 25.3. The van der Waals surface area contributed by atoms with E-state index in [4.69, 9.17) is 4.74 Å². The van der Waals surface area contributed by atoms with E-state index in [2.05, 4.69) is 32.3 Å². The van der Waals surface area contributed by atoms with Crippen molar-refractivity contribution in [3.05, 3.63) is 35.0 Å². The Labute approximate surface area is 172 Å². The van der Waals surface area contributed by atoms with Crippen LogP contribution in [0.5, 0.6) is 0 Å². The van der Waals surface area contributed by atoms with E-state index >= 15 is 0 Å². The topological polar surface area (TPSA) is 68.5 Å². The minimum atomic E-state index is -0.966. The molecule has 0 amide bonds. The molecule has 2 aliphatic rings. The number of rotatable bonds is 5. The van der Waals surface area contributed by atoms with Gasteiger partial charge in [-0.3, -0.25) is 4.79 Å². The van der Waals surface area contributed by atoms with Crippen LogP contribution in [-0.2, 0) is 11.3 Å². The number of nitrogens with zero attached hydrogens (tertiary/aromatic N) is 1. The van der Waals surface area contributed by atoms with E-state index in [0.717, 1.165) is 49.2 Å². The average molecular weight is 398 g/mol. The van der Waals surface area contributed by atoms with Gasteiger partial charge in [-0.15, -0.1) is 0 Å². The summed E-state index contributed by atoms with van der Waals surface area (Å²) in [7, 11) is 0. The number of ether oxygens (including phenoxy) is 1. The zero-order valence-electron chi connectivity index (χ0n) is 18.0. The Hall–Kier alpha value is -2.14. The van der Waals surface area contributed by atoms with E-state index in [9.17, 15) is 14.7 Å². The molecule has 1 saturated heterocycles.